The number of likely N-dealkylation sites (tertiary alicyclic amines) is 1. The van der Waals surface area contributed by atoms with Gasteiger partial charge in [-0.15, -0.1) is 0 Å². The van der Waals surface area contributed by atoms with Crippen molar-refractivity contribution in [2.45, 2.75) is 32.1 Å². The van der Waals surface area contributed by atoms with Crippen molar-refractivity contribution in [3.8, 4) is 11.5 Å². The van der Waals surface area contributed by atoms with E-state index in [2.05, 4.69) is 4.90 Å². The highest BCUT2D eigenvalue weighted by Crippen LogP contribution is 2.26. The van der Waals surface area contributed by atoms with Crippen molar-refractivity contribution in [1.82, 2.24) is 4.90 Å². The molecular formula is C25H30ClNO3. The van der Waals surface area contributed by atoms with Gasteiger partial charge in [0.15, 0.2) is 5.78 Å². The molecule has 5 heteroatoms. The van der Waals surface area contributed by atoms with Crippen molar-refractivity contribution in [3.63, 3.8) is 0 Å². The van der Waals surface area contributed by atoms with Gasteiger partial charge in [0.25, 0.3) is 0 Å². The van der Waals surface area contributed by atoms with Crippen molar-refractivity contribution in [2.24, 2.45) is 0 Å². The average Bonchev–Trinajstić information content (AvgIpc) is 2.79. The highest BCUT2D eigenvalue weighted by atomic mass is 35.5. The van der Waals surface area contributed by atoms with Crippen LogP contribution in [0.25, 0.3) is 6.08 Å². The molecule has 0 saturated carbocycles. The second-order valence-corrected chi connectivity index (χ2v) is 8.01. The number of methoxy groups -OCH3 is 1. The van der Waals surface area contributed by atoms with Crippen LogP contribution in [-0.4, -0.2) is 44.0 Å². The summed E-state index contributed by atoms with van der Waals surface area (Å²) in [6.07, 6.45) is 9.40. The molecule has 30 heavy (non-hydrogen) atoms. The number of hydrogen-bond donors (Lipinski definition) is 0. The third kappa shape index (κ3) is 6.89. The van der Waals surface area contributed by atoms with Gasteiger partial charge in [0.05, 0.1) is 19.3 Å². The molecule has 0 N–H and O–H groups in total. The lowest BCUT2D eigenvalue weighted by Gasteiger charge is -2.26. The second kappa shape index (κ2) is 11.8. The summed E-state index contributed by atoms with van der Waals surface area (Å²) in [6, 6.07) is 12.7. The molecule has 3 rings (SSSR count). The lowest BCUT2D eigenvalue weighted by molar-refractivity contribution is 0.104. The molecule has 0 bridgehead atoms. The molecular weight excluding hydrogens is 398 g/mol. The number of carbonyl (C=O) groups excluding carboxylic acids is 1. The van der Waals surface area contributed by atoms with Crippen molar-refractivity contribution in [1.29, 1.82) is 0 Å². The Morgan fingerprint density at radius 2 is 1.83 bits per heavy atom. The summed E-state index contributed by atoms with van der Waals surface area (Å²) in [5, 5.41) is 0.671. The van der Waals surface area contributed by atoms with Gasteiger partial charge in [-0.3, -0.25) is 4.79 Å². The highest BCUT2D eigenvalue weighted by Gasteiger charge is 2.13. The van der Waals surface area contributed by atoms with Gasteiger partial charge in [-0.05, 0) is 81.2 Å². The zero-order valence-corrected chi connectivity index (χ0v) is 18.4. The number of allylic oxidation sites excluding steroid dienone is 1. The molecule has 1 saturated heterocycles. The van der Waals surface area contributed by atoms with Crippen molar-refractivity contribution >= 4 is 23.5 Å². The lowest BCUT2D eigenvalue weighted by Crippen LogP contribution is -2.30. The first kappa shape index (κ1) is 22.4. The van der Waals surface area contributed by atoms with Gasteiger partial charge in [-0.25, -0.2) is 0 Å². The standard InChI is InChI=1S/C25H30ClNO3/c1-29-22-12-13-23(24(28)14-9-20-7-10-21(26)11-8-20)25(19-22)30-18-6-5-17-27-15-3-2-4-16-27/h7-14,19H,2-6,15-18H2,1H3. The van der Waals surface area contributed by atoms with Crippen LogP contribution in [0.4, 0.5) is 0 Å². The number of piperidine rings is 1. The average molecular weight is 428 g/mol. The first-order valence-corrected chi connectivity index (χ1v) is 11.0. The fourth-order valence-electron chi connectivity index (χ4n) is 3.59. The summed E-state index contributed by atoms with van der Waals surface area (Å²) in [7, 11) is 1.61. The summed E-state index contributed by atoms with van der Waals surface area (Å²) in [5.41, 5.74) is 1.46. The fourth-order valence-corrected chi connectivity index (χ4v) is 3.72. The minimum absolute atomic E-state index is 0.101. The van der Waals surface area contributed by atoms with Gasteiger partial charge in [0.1, 0.15) is 11.5 Å². The van der Waals surface area contributed by atoms with Gasteiger partial charge in [-0.1, -0.05) is 36.2 Å². The summed E-state index contributed by atoms with van der Waals surface area (Å²) in [6.45, 7) is 4.14. The molecule has 0 unspecified atom stereocenters. The maximum absolute atomic E-state index is 12.8. The molecule has 1 fully saturated rings. The molecule has 0 amide bonds. The number of unbranched alkanes of at least 4 members (excludes halogenated alkanes) is 1. The number of halogens is 1. The van der Waals surface area contributed by atoms with Crippen LogP contribution in [0.15, 0.2) is 48.5 Å². The molecule has 0 aromatic heterocycles. The smallest absolute Gasteiger partial charge is 0.189 e. The summed E-state index contributed by atoms with van der Waals surface area (Å²) in [5.74, 6) is 1.14. The second-order valence-electron chi connectivity index (χ2n) is 7.57. The van der Waals surface area contributed by atoms with E-state index in [1.165, 1.54) is 32.4 Å². The van der Waals surface area contributed by atoms with Crippen LogP contribution in [0.2, 0.25) is 5.02 Å². The van der Waals surface area contributed by atoms with Gasteiger partial charge in [0.2, 0.25) is 0 Å². The SMILES string of the molecule is COc1ccc(C(=O)C=Cc2ccc(Cl)cc2)c(OCCCCN2CCCCC2)c1. The minimum atomic E-state index is -0.101. The number of rotatable bonds is 10. The van der Waals surface area contributed by atoms with E-state index in [0.29, 0.717) is 28.7 Å². The van der Waals surface area contributed by atoms with E-state index in [9.17, 15) is 4.79 Å². The maximum Gasteiger partial charge on any atom is 0.189 e. The largest absolute Gasteiger partial charge is 0.497 e. The number of ether oxygens (including phenoxy) is 2. The molecule has 0 aliphatic carbocycles. The van der Waals surface area contributed by atoms with E-state index >= 15 is 0 Å². The number of hydrogen-bond acceptors (Lipinski definition) is 4. The van der Waals surface area contributed by atoms with Crippen molar-refractivity contribution in [3.05, 3.63) is 64.7 Å². The Kier molecular flexibility index (Phi) is 8.79. The van der Waals surface area contributed by atoms with E-state index in [4.69, 9.17) is 21.1 Å². The zero-order valence-electron chi connectivity index (χ0n) is 17.6. The first-order valence-electron chi connectivity index (χ1n) is 10.7. The molecule has 2 aromatic carbocycles. The predicted molar refractivity (Wildman–Crippen MR) is 123 cm³/mol. The molecule has 1 aliphatic rings. The Hall–Kier alpha value is -2.30. The van der Waals surface area contributed by atoms with E-state index in [0.717, 1.165) is 24.9 Å². The van der Waals surface area contributed by atoms with Gasteiger partial charge < -0.3 is 14.4 Å². The maximum atomic E-state index is 12.8. The highest BCUT2D eigenvalue weighted by molar-refractivity contribution is 6.30. The topological polar surface area (TPSA) is 38.8 Å². The summed E-state index contributed by atoms with van der Waals surface area (Å²) in [4.78, 5) is 15.3. The zero-order chi connectivity index (χ0) is 21.2. The molecule has 0 radical (unpaired) electrons. The van der Waals surface area contributed by atoms with E-state index in [-0.39, 0.29) is 5.78 Å². The van der Waals surface area contributed by atoms with Gasteiger partial charge >= 0.3 is 0 Å². The van der Waals surface area contributed by atoms with Crippen LogP contribution in [-0.2, 0) is 0 Å². The van der Waals surface area contributed by atoms with Crippen LogP contribution in [0, 0.1) is 0 Å². The monoisotopic (exact) mass is 427 g/mol. The Morgan fingerprint density at radius 1 is 1.07 bits per heavy atom. The van der Waals surface area contributed by atoms with Crippen LogP contribution in [0.5, 0.6) is 11.5 Å². The summed E-state index contributed by atoms with van der Waals surface area (Å²) < 4.78 is 11.3. The van der Waals surface area contributed by atoms with Crippen molar-refractivity contribution in [2.75, 3.05) is 33.4 Å². The van der Waals surface area contributed by atoms with Crippen LogP contribution in [0.3, 0.4) is 0 Å². The predicted octanol–water partition coefficient (Wildman–Crippen LogP) is 5.89. The van der Waals surface area contributed by atoms with E-state index in [1.54, 1.807) is 49.6 Å². The Balaban J connectivity index is 1.57. The van der Waals surface area contributed by atoms with Crippen molar-refractivity contribution < 1.29 is 14.3 Å². The molecule has 2 aromatic rings. The normalized spacial score (nSPS) is 14.7. The molecule has 160 valence electrons. The summed E-state index contributed by atoms with van der Waals surface area (Å²) >= 11 is 5.91. The van der Waals surface area contributed by atoms with Crippen LogP contribution in [0.1, 0.15) is 48.0 Å². The third-order valence-corrected chi connectivity index (χ3v) is 5.58. The molecule has 1 aliphatic heterocycles. The van der Waals surface area contributed by atoms with Crippen LogP contribution >= 0.6 is 11.6 Å². The third-order valence-electron chi connectivity index (χ3n) is 5.33. The number of ketones is 1. The van der Waals surface area contributed by atoms with Crippen LogP contribution < -0.4 is 9.47 Å². The Morgan fingerprint density at radius 3 is 2.57 bits per heavy atom. The van der Waals surface area contributed by atoms with Gasteiger partial charge in [0, 0.05) is 11.1 Å². The number of benzene rings is 2. The molecule has 0 atom stereocenters. The fraction of sp³-hybridized carbons (Fsp3) is 0.400. The molecule has 0 spiro atoms. The lowest BCUT2D eigenvalue weighted by atomic mass is 10.1. The molecule has 1 heterocycles. The van der Waals surface area contributed by atoms with Gasteiger partial charge in [-0.2, -0.15) is 0 Å². The first-order chi connectivity index (χ1) is 14.7. The van der Waals surface area contributed by atoms with E-state index < -0.39 is 0 Å². The molecule has 4 nitrogen and oxygen atoms in total. The number of carbonyl (C=O) groups is 1. The van der Waals surface area contributed by atoms with E-state index in [1.807, 2.05) is 12.1 Å². The Labute approximate surface area is 184 Å². The Bertz CT molecular complexity index is 842. The number of nitrogens with zero attached hydrogens (tertiary/aromatic N) is 1. The minimum Gasteiger partial charge on any atom is -0.497 e. The quantitative estimate of drug-likeness (QED) is 0.269.